The van der Waals surface area contributed by atoms with Crippen molar-refractivity contribution in [3.8, 4) is 17.7 Å². The van der Waals surface area contributed by atoms with Crippen LogP contribution in [0.4, 0.5) is 4.39 Å². The van der Waals surface area contributed by atoms with Crippen molar-refractivity contribution < 1.29 is 28.9 Å². The summed E-state index contributed by atoms with van der Waals surface area (Å²) in [5.74, 6) is -0.159. The number of likely N-dealkylation sites (N-methyl/N-ethyl adjacent to an activating group) is 1. The maximum Gasteiger partial charge on any atom is 0.335 e. The van der Waals surface area contributed by atoms with Crippen LogP contribution in [0.5, 0.6) is 11.6 Å². The first-order valence-electron chi connectivity index (χ1n) is 15.6. The van der Waals surface area contributed by atoms with Gasteiger partial charge in [0.05, 0.1) is 40.5 Å². The normalized spacial score (nSPS) is 19.3. The number of hydrogen-bond donors (Lipinski definition) is 2. The van der Waals surface area contributed by atoms with Crippen molar-refractivity contribution >= 4 is 17.0 Å². The van der Waals surface area contributed by atoms with Crippen LogP contribution in [-0.4, -0.2) is 78.5 Å². The molecule has 46 heavy (non-hydrogen) atoms. The summed E-state index contributed by atoms with van der Waals surface area (Å²) in [4.78, 5) is 25.6. The molecule has 2 saturated heterocycles. The molecule has 6 rings (SSSR count). The third-order valence-electron chi connectivity index (χ3n) is 8.85. The number of pyridine rings is 1. The largest absolute Gasteiger partial charge is 0.484 e. The molecule has 0 aliphatic carbocycles. The van der Waals surface area contributed by atoms with Gasteiger partial charge in [0.15, 0.2) is 11.6 Å². The SMILES string of the molecule is CCN1C(O)CCC1Cn1c(CN2CCC(Oc3cccc(COc4ccc(C#N)cc4F)n3)CC2)nc2ccc(C(=O)O)cc21. The van der Waals surface area contributed by atoms with Gasteiger partial charge in [0.1, 0.15) is 24.8 Å². The van der Waals surface area contributed by atoms with Gasteiger partial charge >= 0.3 is 5.97 Å². The van der Waals surface area contributed by atoms with E-state index < -0.39 is 18.0 Å². The topological polar surface area (TPSA) is 137 Å². The third kappa shape index (κ3) is 6.97. The smallest absolute Gasteiger partial charge is 0.335 e. The first-order chi connectivity index (χ1) is 22.3. The number of carbonyl (C=O) groups is 1. The number of likely N-dealkylation sites (tertiary alicyclic amines) is 2. The maximum atomic E-state index is 14.2. The molecular formula is C34H37FN6O5. The maximum absolute atomic E-state index is 14.2. The lowest BCUT2D eigenvalue weighted by Crippen LogP contribution is -2.40. The van der Waals surface area contributed by atoms with Crippen LogP contribution < -0.4 is 9.47 Å². The van der Waals surface area contributed by atoms with Gasteiger partial charge in [-0.1, -0.05) is 13.0 Å². The Bertz CT molecular complexity index is 1750. The van der Waals surface area contributed by atoms with Crippen molar-refractivity contribution in [1.82, 2.24) is 24.3 Å². The molecular weight excluding hydrogens is 591 g/mol. The minimum absolute atomic E-state index is 0.0223. The van der Waals surface area contributed by atoms with E-state index in [4.69, 9.17) is 19.7 Å². The Morgan fingerprint density at radius 3 is 2.65 bits per heavy atom. The van der Waals surface area contributed by atoms with Gasteiger partial charge in [0, 0.05) is 31.7 Å². The van der Waals surface area contributed by atoms with Gasteiger partial charge in [-0.2, -0.15) is 5.26 Å². The number of aromatic carboxylic acids is 1. The van der Waals surface area contributed by atoms with E-state index in [1.165, 1.54) is 12.1 Å². The second-order valence-corrected chi connectivity index (χ2v) is 11.8. The fourth-order valence-electron chi connectivity index (χ4n) is 6.42. The zero-order valence-electron chi connectivity index (χ0n) is 25.7. The van der Waals surface area contributed by atoms with Crippen LogP contribution in [0.25, 0.3) is 11.0 Å². The van der Waals surface area contributed by atoms with Crippen LogP contribution in [0.1, 0.15) is 60.0 Å². The van der Waals surface area contributed by atoms with Gasteiger partial charge in [0.25, 0.3) is 0 Å². The molecule has 0 radical (unpaired) electrons. The average Bonchev–Trinajstić information content (AvgIpc) is 3.59. The number of nitrogens with zero attached hydrogens (tertiary/aromatic N) is 6. The molecule has 240 valence electrons. The van der Waals surface area contributed by atoms with Crippen LogP contribution in [-0.2, 0) is 19.7 Å². The van der Waals surface area contributed by atoms with E-state index in [1.54, 1.807) is 30.3 Å². The fourth-order valence-corrected chi connectivity index (χ4v) is 6.42. The molecule has 2 aromatic carbocycles. The molecule has 2 aliphatic heterocycles. The fraction of sp³-hybridized carbons (Fsp3) is 0.412. The highest BCUT2D eigenvalue weighted by Crippen LogP contribution is 2.28. The summed E-state index contributed by atoms with van der Waals surface area (Å²) in [6.07, 6.45) is 2.68. The Hall–Kier alpha value is -4.57. The van der Waals surface area contributed by atoms with Crippen LogP contribution in [0, 0.1) is 17.1 Å². The second-order valence-electron chi connectivity index (χ2n) is 11.8. The number of halogens is 1. The molecule has 2 aromatic heterocycles. The molecule has 4 aromatic rings. The summed E-state index contributed by atoms with van der Waals surface area (Å²) in [5, 5.41) is 29.0. The van der Waals surface area contributed by atoms with Crippen molar-refractivity contribution in [1.29, 1.82) is 5.26 Å². The Labute approximate surface area is 266 Å². The molecule has 0 bridgehead atoms. The van der Waals surface area contributed by atoms with Crippen molar-refractivity contribution in [3.63, 3.8) is 0 Å². The molecule has 0 spiro atoms. The number of benzene rings is 2. The average molecular weight is 629 g/mol. The van der Waals surface area contributed by atoms with Gasteiger partial charge < -0.3 is 24.3 Å². The van der Waals surface area contributed by atoms with Crippen molar-refractivity contribution in [2.45, 2.75) is 70.7 Å². The number of carboxylic acids is 1. The first-order valence-corrected chi connectivity index (χ1v) is 15.6. The van der Waals surface area contributed by atoms with Gasteiger partial charge in [-0.3, -0.25) is 9.80 Å². The number of fused-ring (bicyclic) bond motifs is 1. The van der Waals surface area contributed by atoms with Gasteiger partial charge in [0.2, 0.25) is 5.88 Å². The molecule has 0 amide bonds. The van der Waals surface area contributed by atoms with Gasteiger partial charge in [-0.15, -0.1) is 0 Å². The summed E-state index contributed by atoms with van der Waals surface area (Å²) in [6.45, 7) is 5.66. The van der Waals surface area contributed by atoms with Crippen molar-refractivity contribution in [2.24, 2.45) is 0 Å². The summed E-state index contributed by atoms with van der Waals surface area (Å²) in [6, 6.07) is 16.6. The number of carboxylic acid groups (broad SMARTS) is 1. The number of imidazole rings is 1. The number of aliphatic hydroxyl groups excluding tert-OH is 1. The lowest BCUT2D eigenvalue weighted by atomic mass is 10.1. The quantitative estimate of drug-likeness (QED) is 0.243. The molecule has 2 fully saturated rings. The van der Waals surface area contributed by atoms with Crippen LogP contribution >= 0.6 is 0 Å². The summed E-state index contributed by atoms with van der Waals surface area (Å²) in [5.41, 5.74) is 2.60. The predicted molar refractivity (Wildman–Crippen MR) is 167 cm³/mol. The summed E-state index contributed by atoms with van der Waals surface area (Å²) >= 11 is 0. The van der Waals surface area contributed by atoms with E-state index in [0.717, 1.165) is 68.2 Å². The minimum atomic E-state index is -0.975. The molecule has 4 heterocycles. The van der Waals surface area contributed by atoms with E-state index in [1.807, 2.05) is 19.1 Å². The lowest BCUT2D eigenvalue weighted by Gasteiger charge is -2.32. The van der Waals surface area contributed by atoms with E-state index >= 15 is 0 Å². The molecule has 2 atom stereocenters. The monoisotopic (exact) mass is 628 g/mol. The van der Waals surface area contributed by atoms with E-state index in [9.17, 15) is 19.4 Å². The van der Waals surface area contributed by atoms with Crippen LogP contribution in [0.2, 0.25) is 0 Å². The number of rotatable bonds is 11. The number of piperidine rings is 1. The third-order valence-corrected chi connectivity index (χ3v) is 8.85. The molecule has 0 saturated carbocycles. The number of hydrogen-bond acceptors (Lipinski definition) is 9. The minimum Gasteiger partial charge on any atom is -0.484 e. The Morgan fingerprint density at radius 2 is 1.91 bits per heavy atom. The standard InChI is InChI=1S/C34H37FN6O5/c1-2-40-25(8-11-33(40)42)19-41-29-17-23(34(43)44)7-9-28(29)38-31(41)20-39-14-12-26(13-15-39)46-32-5-3-4-24(37-32)21-45-30-10-6-22(18-36)16-27(30)35/h3-7,9-10,16-17,25-26,33,42H,2,8,11-15,19-21H2,1H3,(H,43,44). The highest BCUT2D eigenvalue weighted by Gasteiger charge is 2.32. The van der Waals surface area contributed by atoms with Crippen molar-refractivity contribution in [3.05, 3.63) is 83.1 Å². The summed E-state index contributed by atoms with van der Waals surface area (Å²) < 4.78 is 28.1. The van der Waals surface area contributed by atoms with E-state index in [-0.39, 0.29) is 35.6 Å². The Kier molecular flexibility index (Phi) is 9.44. The second kappa shape index (κ2) is 13.8. The van der Waals surface area contributed by atoms with E-state index in [2.05, 4.69) is 19.4 Å². The van der Waals surface area contributed by atoms with Crippen LogP contribution in [0.15, 0.2) is 54.6 Å². The number of aromatic nitrogens is 3. The first kappa shape index (κ1) is 31.4. The number of aliphatic hydroxyl groups is 1. The highest BCUT2D eigenvalue weighted by molar-refractivity contribution is 5.92. The Morgan fingerprint density at radius 1 is 1.09 bits per heavy atom. The molecule has 2 aliphatic rings. The highest BCUT2D eigenvalue weighted by atomic mass is 19.1. The predicted octanol–water partition coefficient (Wildman–Crippen LogP) is 4.57. The molecule has 2 N–H and O–H groups in total. The van der Waals surface area contributed by atoms with Gasteiger partial charge in [-0.25, -0.2) is 19.2 Å². The zero-order valence-corrected chi connectivity index (χ0v) is 25.7. The molecule has 11 nitrogen and oxygen atoms in total. The zero-order chi connectivity index (χ0) is 32.2. The Balaban J connectivity index is 1.09. The molecule has 12 heteroatoms. The lowest BCUT2D eigenvalue weighted by molar-refractivity contribution is 0.0178. The number of nitriles is 1. The summed E-state index contributed by atoms with van der Waals surface area (Å²) in [7, 11) is 0. The number of ether oxygens (including phenoxy) is 2. The van der Waals surface area contributed by atoms with Crippen molar-refractivity contribution in [2.75, 3.05) is 19.6 Å². The van der Waals surface area contributed by atoms with Gasteiger partial charge in [-0.05, 0) is 74.7 Å². The molecule has 2 unspecified atom stereocenters. The van der Waals surface area contributed by atoms with E-state index in [0.29, 0.717) is 24.7 Å². The van der Waals surface area contributed by atoms with Crippen LogP contribution in [0.3, 0.4) is 0 Å².